The van der Waals surface area contributed by atoms with Crippen LogP contribution in [-0.2, 0) is 19.0 Å². The Hall–Kier alpha value is -1.42. The number of urea groups is 1. The number of amides is 3. The summed E-state index contributed by atoms with van der Waals surface area (Å²) in [6, 6.07) is -0.0421. The number of nitrogens with zero attached hydrogens (tertiary/aromatic N) is 3. The van der Waals surface area contributed by atoms with Gasteiger partial charge in [-0.3, -0.25) is 14.7 Å². The molecule has 5 rings (SSSR count). The summed E-state index contributed by atoms with van der Waals surface area (Å²) in [4.78, 5) is 36.4. The highest BCUT2D eigenvalue weighted by Crippen LogP contribution is 2.45. The monoisotopic (exact) mass is 594 g/mol. The van der Waals surface area contributed by atoms with E-state index in [9.17, 15) is 9.59 Å². The van der Waals surface area contributed by atoms with Crippen LogP contribution in [0.3, 0.4) is 0 Å². The summed E-state index contributed by atoms with van der Waals surface area (Å²) in [7, 11) is 3.59. The van der Waals surface area contributed by atoms with Crippen molar-refractivity contribution in [1.29, 1.82) is 0 Å². The lowest BCUT2D eigenvalue weighted by Crippen LogP contribution is -2.60. The van der Waals surface area contributed by atoms with Gasteiger partial charge in [0.25, 0.3) is 0 Å². The van der Waals surface area contributed by atoms with Crippen LogP contribution in [0, 0.1) is 17.8 Å². The average molecular weight is 595 g/mol. The zero-order valence-corrected chi connectivity index (χ0v) is 26.2. The zero-order chi connectivity index (χ0) is 29.1. The predicted octanol–water partition coefficient (Wildman–Crippen LogP) is 4.60. The van der Waals surface area contributed by atoms with Crippen molar-refractivity contribution in [1.82, 2.24) is 15.1 Å². The fourth-order valence-electron chi connectivity index (χ4n) is 8.11. The quantitative estimate of drug-likeness (QED) is 0.435. The van der Waals surface area contributed by atoms with Gasteiger partial charge in [-0.15, -0.1) is 11.6 Å². The lowest BCUT2D eigenvalue weighted by atomic mass is 9.73. The molecular formula is C31H51ClN4O5. The summed E-state index contributed by atoms with van der Waals surface area (Å²) in [6.07, 6.45) is 11.1. The van der Waals surface area contributed by atoms with E-state index < -0.39 is 0 Å². The standard InChI is InChI=1S/C31H51ClN4O5/c1-19(2)41-26-17-24(40-4)13-14-25(26)30-34-28(20-7-11-23(39-3)12-8-20)29(21-5-9-22(32)10-6-21)36(30)31(38)35-16-15-33-27(37)18-35/h19-26,28-29H,5-18H2,1-4H3,(H,33,37)/t20?,21?,22?,23?,24?,25?,26?,28-,29+/m1/s1. The predicted molar refractivity (Wildman–Crippen MR) is 159 cm³/mol. The van der Waals surface area contributed by atoms with Gasteiger partial charge < -0.3 is 24.4 Å². The fourth-order valence-corrected chi connectivity index (χ4v) is 8.36. The van der Waals surface area contributed by atoms with Crippen molar-refractivity contribution >= 4 is 29.4 Å². The number of hydrogen-bond acceptors (Lipinski definition) is 6. The Kier molecular flexibility index (Phi) is 10.5. The number of carbonyl (C=O) groups is 2. The highest BCUT2D eigenvalue weighted by atomic mass is 35.5. The van der Waals surface area contributed by atoms with Gasteiger partial charge in [0.15, 0.2) is 0 Å². The minimum absolute atomic E-state index is 0.0125. The van der Waals surface area contributed by atoms with Crippen LogP contribution in [0.2, 0.25) is 0 Å². The molecule has 0 aromatic rings. The third-order valence-electron chi connectivity index (χ3n) is 10.3. The number of carbonyl (C=O) groups excluding carboxylic acids is 2. The maximum absolute atomic E-state index is 14.6. The molecule has 3 aliphatic carbocycles. The zero-order valence-electron chi connectivity index (χ0n) is 25.4. The van der Waals surface area contributed by atoms with Gasteiger partial charge in [0.1, 0.15) is 12.4 Å². The molecule has 232 valence electrons. The molecular weight excluding hydrogens is 544 g/mol. The summed E-state index contributed by atoms with van der Waals surface area (Å²) in [6.45, 7) is 5.24. The molecule has 3 amide bonds. The Morgan fingerprint density at radius 3 is 2.24 bits per heavy atom. The van der Waals surface area contributed by atoms with Crippen LogP contribution < -0.4 is 5.32 Å². The number of hydrogen-bond donors (Lipinski definition) is 1. The first-order valence-corrected chi connectivity index (χ1v) is 16.5. The van der Waals surface area contributed by atoms with Gasteiger partial charge in [0.05, 0.1) is 36.5 Å². The second kappa shape index (κ2) is 13.9. The van der Waals surface area contributed by atoms with Gasteiger partial charge in [-0.05, 0) is 89.9 Å². The highest BCUT2D eigenvalue weighted by molar-refractivity contribution is 6.20. The number of aliphatic imine (C=N–C) groups is 1. The number of halogens is 1. The van der Waals surface area contributed by atoms with E-state index in [-0.39, 0.29) is 60.2 Å². The Balaban J connectivity index is 1.52. The third kappa shape index (κ3) is 7.05. The maximum Gasteiger partial charge on any atom is 0.326 e. The fraction of sp³-hybridized carbons (Fsp3) is 0.903. The first-order valence-electron chi connectivity index (χ1n) is 16.1. The van der Waals surface area contributed by atoms with E-state index in [0.717, 1.165) is 76.5 Å². The molecule has 3 saturated carbocycles. The molecule has 1 N–H and O–H groups in total. The smallest absolute Gasteiger partial charge is 0.326 e. The van der Waals surface area contributed by atoms with Crippen LogP contribution in [0.1, 0.15) is 84.5 Å². The van der Waals surface area contributed by atoms with Crippen molar-refractivity contribution in [3.63, 3.8) is 0 Å². The molecule has 9 nitrogen and oxygen atoms in total. The highest BCUT2D eigenvalue weighted by Gasteiger charge is 2.52. The number of alkyl halides is 1. The van der Waals surface area contributed by atoms with Crippen LogP contribution in [-0.4, -0.2) is 103 Å². The molecule has 0 aromatic heterocycles. The first kappa shape index (κ1) is 31.0. The van der Waals surface area contributed by atoms with Crippen molar-refractivity contribution < 1.29 is 23.8 Å². The van der Waals surface area contributed by atoms with Crippen LogP contribution in [0.25, 0.3) is 0 Å². The molecule has 0 aromatic carbocycles. The first-order chi connectivity index (χ1) is 19.8. The minimum Gasteiger partial charge on any atom is -0.381 e. The van der Waals surface area contributed by atoms with E-state index in [4.69, 9.17) is 30.8 Å². The lowest BCUT2D eigenvalue weighted by molar-refractivity contribution is -0.123. The SMILES string of the molecule is COC1CCC([C@H]2N=C(C3CCC(OC)CC3OC(C)C)N(C(=O)N3CCNC(=O)C3)[C@H]2C2CCC(Cl)CC2)CC1. The Morgan fingerprint density at radius 1 is 0.951 bits per heavy atom. The number of nitrogens with one attached hydrogen (secondary N) is 1. The largest absolute Gasteiger partial charge is 0.381 e. The molecule has 1 saturated heterocycles. The summed E-state index contributed by atoms with van der Waals surface area (Å²) in [5, 5.41) is 3.08. The number of amidine groups is 1. The van der Waals surface area contributed by atoms with Crippen molar-refractivity contribution in [2.45, 2.75) is 126 Å². The lowest BCUT2D eigenvalue weighted by Gasteiger charge is -2.44. The molecule has 0 radical (unpaired) electrons. The van der Waals surface area contributed by atoms with Crippen LogP contribution in [0.4, 0.5) is 4.79 Å². The number of piperazine rings is 1. The molecule has 10 heteroatoms. The van der Waals surface area contributed by atoms with Gasteiger partial charge in [0.2, 0.25) is 5.91 Å². The van der Waals surface area contributed by atoms with E-state index in [2.05, 4.69) is 24.1 Å². The van der Waals surface area contributed by atoms with Crippen molar-refractivity contribution in [3.05, 3.63) is 0 Å². The Labute approximate surface area is 251 Å². The number of methoxy groups -OCH3 is 2. The van der Waals surface area contributed by atoms with E-state index in [0.29, 0.717) is 31.0 Å². The summed E-state index contributed by atoms with van der Waals surface area (Å²) in [5.41, 5.74) is 0. The van der Waals surface area contributed by atoms with E-state index in [1.807, 2.05) is 7.11 Å². The Bertz CT molecular complexity index is 933. The number of ether oxygens (including phenoxy) is 3. The van der Waals surface area contributed by atoms with Gasteiger partial charge in [-0.2, -0.15) is 0 Å². The van der Waals surface area contributed by atoms with E-state index in [1.54, 1.807) is 12.0 Å². The molecule has 5 atom stereocenters. The van der Waals surface area contributed by atoms with Crippen molar-refractivity contribution in [3.8, 4) is 0 Å². The Morgan fingerprint density at radius 2 is 1.61 bits per heavy atom. The van der Waals surface area contributed by atoms with Crippen molar-refractivity contribution in [2.75, 3.05) is 33.9 Å². The molecule has 4 fully saturated rings. The minimum atomic E-state index is -0.0995. The maximum atomic E-state index is 14.6. The van der Waals surface area contributed by atoms with E-state index in [1.165, 1.54) is 0 Å². The molecule has 2 aliphatic heterocycles. The average Bonchev–Trinajstić information content (AvgIpc) is 3.37. The molecule has 0 spiro atoms. The molecule has 5 aliphatic rings. The second-order valence-electron chi connectivity index (χ2n) is 13.2. The molecule has 41 heavy (non-hydrogen) atoms. The van der Waals surface area contributed by atoms with Gasteiger partial charge >= 0.3 is 6.03 Å². The third-order valence-corrected chi connectivity index (χ3v) is 10.7. The summed E-state index contributed by atoms with van der Waals surface area (Å²) >= 11 is 6.58. The van der Waals surface area contributed by atoms with Crippen LogP contribution in [0.5, 0.6) is 0 Å². The summed E-state index contributed by atoms with van der Waals surface area (Å²) in [5.74, 6) is 1.53. The molecule has 2 heterocycles. The van der Waals surface area contributed by atoms with Crippen molar-refractivity contribution in [2.24, 2.45) is 22.7 Å². The normalized spacial score (nSPS) is 38.6. The van der Waals surface area contributed by atoms with Gasteiger partial charge in [0, 0.05) is 45.0 Å². The van der Waals surface area contributed by atoms with Crippen LogP contribution in [0.15, 0.2) is 4.99 Å². The summed E-state index contributed by atoms with van der Waals surface area (Å²) < 4.78 is 18.0. The molecule has 0 bridgehead atoms. The van der Waals surface area contributed by atoms with Gasteiger partial charge in [-0.25, -0.2) is 4.79 Å². The second-order valence-corrected chi connectivity index (χ2v) is 13.8. The van der Waals surface area contributed by atoms with E-state index >= 15 is 0 Å². The van der Waals surface area contributed by atoms with Gasteiger partial charge in [-0.1, -0.05) is 0 Å². The topological polar surface area (TPSA) is 92.7 Å². The molecule has 3 unspecified atom stereocenters. The van der Waals surface area contributed by atoms with Crippen LogP contribution >= 0.6 is 11.6 Å². The number of rotatable bonds is 7.